The van der Waals surface area contributed by atoms with Crippen LogP contribution < -0.4 is 10.6 Å². The lowest BCUT2D eigenvalue weighted by Gasteiger charge is -2.23. The monoisotopic (exact) mass is 226 g/mol. The molecule has 1 heterocycles. The van der Waals surface area contributed by atoms with Gasteiger partial charge < -0.3 is 10.6 Å². The molecule has 2 nitrogen and oxygen atoms in total. The Labute approximate surface area is 94.0 Å². The van der Waals surface area contributed by atoms with E-state index in [0.717, 1.165) is 31.6 Å². The first-order valence-corrected chi connectivity index (χ1v) is 5.59. The highest BCUT2D eigenvalue weighted by Gasteiger charge is 2.20. The molecular formula is C12H16F2N2. The second kappa shape index (κ2) is 4.37. The second-order valence-electron chi connectivity index (χ2n) is 4.31. The molecule has 1 unspecified atom stereocenters. The lowest BCUT2D eigenvalue weighted by molar-refractivity contribution is 0.505. The molecule has 0 aliphatic carbocycles. The summed E-state index contributed by atoms with van der Waals surface area (Å²) in [4.78, 5) is 2.07. The molecule has 2 N–H and O–H groups in total. The van der Waals surface area contributed by atoms with E-state index in [-0.39, 0.29) is 6.04 Å². The van der Waals surface area contributed by atoms with Crippen LogP contribution in [0.4, 0.5) is 14.5 Å². The van der Waals surface area contributed by atoms with Crippen LogP contribution >= 0.6 is 0 Å². The fourth-order valence-corrected chi connectivity index (χ4v) is 2.15. The zero-order valence-electron chi connectivity index (χ0n) is 9.34. The van der Waals surface area contributed by atoms with E-state index in [1.165, 1.54) is 12.1 Å². The van der Waals surface area contributed by atoms with Crippen LogP contribution in [0.1, 0.15) is 31.4 Å². The van der Waals surface area contributed by atoms with Crippen molar-refractivity contribution in [2.75, 3.05) is 18.0 Å². The molecule has 1 saturated heterocycles. The SMILES string of the molecule is CC(N)c1cc(F)c(F)cc1N1CCCC1. The Balaban J connectivity index is 2.44. The van der Waals surface area contributed by atoms with Gasteiger partial charge in [-0.1, -0.05) is 0 Å². The summed E-state index contributed by atoms with van der Waals surface area (Å²) in [6.07, 6.45) is 2.19. The molecule has 0 bridgehead atoms. The van der Waals surface area contributed by atoms with E-state index in [2.05, 4.69) is 4.90 Å². The topological polar surface area (TPSA) is 29.3 Å². The second-order valence-corrected chi connectivity index (χ2v) is 4.31. The van der Waals surface area contributed by atoms with Crippen LogP contribution in [0.2, 0.25) is 0 Å². The van der Waals surface area contributed by atoms with Crippen LogP contribution in [0.3, 0.4) is 0 Å². The molecular weight excluding hydrogens is 210 g/mol. The summed E-state index contributed by atoms with van der Waals surface area (Å²) in [5, 5.41) is 0. The number of nitrogens with zero attached hydrogens (tertiary/aromatic N) is 1. The van der Waals surface area contributed by atoms with Gasteiger partial charge in [-0.25, -0.2) is 8.78 Å². The molecule has 4 heteroatoms. The van der Waals surface area contributed by atoms with Gasteiger partial charge in [0.05, 0.1) is 0 Å². The van der Waals surface area contributed by atoms with Crippen LogP contribution in [0.15, 0.2) is 12.1 Å². The van der Waals surface area contributed by atoms with Gasteiger partial charge in [-0.05, 0) is 31.4 Å². The largest absolute Gasteiger partial charge is 0.371 e. The highest BCUT2D eigenvalue weighted by molar-refractivity contribution is 5.56. The molecule has 1 atom stereocenters. The van der Waals surface area contributed by atoms with E-state index < -0.39 is 11.6 Å². The third kappa shape index (κ3) is 2.02. The minimum absolute atomic E-state index is 0.286. The van der Waals surface area contributed by atoms with E-state index in [1.54, 1.807) is 6.92 Å². The van der Waals surface area contributed by atoms with Crippen molar-refractivity contribution in [1.29, 1.82) is 0 Å². The third-order valence-corrected chi connectivity index (χ3v) is 3.01. The molecule has 1 aliphatic rings. The predicted molar refractivity (Wildman–Crippen MR) is 60.4 cm³/mol. The number of hydrogen-bond donors (Lipinski definition) is 1. The first-order valence-electron chi connectivity index (χ1n) is 5.59. The van der Waals surface area contributed by atoms with Gasteiger partial charge in [-0.3, -0.25) is 0 Å². The van der Waals surface area contributed by atoms with Gasteiger partial charge in [0.2, 0.25) is 0 Å². The smallest absolute Gasteiger partial charge is 0.160 e. The summed E-state index contributed by atoms with van der Waals surface area (Å²) >= 11 is 0. The highest BCUT2D eigenvalue weighted by atomic mass is 19.2. The molecule has 1 fully saturated rings. The Bertz CT molecular complexity index is 385. The molecule has 16 heavy (non-hydrogen) atoms. The normalized spacial score (nSPS) is 17.9. The zero-order valence-corrected chi connectivity index (χ0v) is 9.34. The van der Waals surface area contributed by atoms with E-state index >= 15 is 0 Å². The molecule has 1 aliphatic heterocycles. The summed E-state index contributed by atoms with van der Waals surface area (Å²) in [5.41, 5.74) is 7.21. The molecule has 0 aromatic heterocycles. The van der Waals surface area contributed by atoms with Gasteiger partial charge in [0.1, 0.15) is 0 Å². The maximum atomic E-state index is 13.2. The van der Waals surface area contributed by atoms with Crippen LogP contribution in [0.5, 0.6) is 0 Å². The number of nitrogens with two attached hydrogens (primary N) is 1. The van der Waals surface area contributed by atoms with Gasteiger partial charge in [0.25, 0.3) is 0 Å². The summed E-state index contributed by atoms with van der Waals surface area (Å²) < 4.78 is 26.4. The minimum atomic E-state index is -0.824. The molecule has 0 amide bonds. The van der Waals surface area contributed by atoms with Crippen molar-refractivity contribution in [3.63, 3.8) is 0 Å². The van der Waals surface area contributed by atoms with Crippen LogP contribution in [0.25, 0.3) is 0 Å². The Morgan fingerprint density at radius 2 is 1.75 bits per heavy atom. The molecule has 1 aromatic rings. The molecule has 0 saturated carbocycles. The summed E-state index contributed by atoms with van der Waals surface area (Å²) in [7, 11) is 0. The van der Waals surface area contributed by atoms with Crippen molar-refractivity contribution in [2.45, 2.75) is 25.8 Å². The average molecular weight is 226 g/mol. The van der Waals surface area contributed by atoms with Crippen molar-refractivity contribution in [3.05, 3.63) is 29.3 Å². The first kappa shape index (κ1) is 11.3. The quantitative estimate of drug-likeness (QED) is 0.839. The summed E-state index contributed by atoms with van der Waals surface area (Å²) in [5.74, 6) is -1.62. The van der Waals surface area contributed by atoms with Crippen LogP contribution in [-0.2, 0) is 0 Å². The van der Waals surface area contributed by atoms with Crippen LogP contribution in [0, 0.1) is 11.6 Å². The number of anilines is 1. The number of benzene rings is 1. The van der Waals surface area contributed by atoms with Gasteiger partial charge in [0.15, 0.2) is 11.6 Å². The number of hydrogen-bond acceptors (Lipinski definition) is 2. The molecule has 1 aromatic carbocycles. The van der Waals surface area contributed by atoms with Gasteiger partial charge >= 0.3 is 0 Å². The fraction of sp³-hybridized carbons (Fsp3) is 0.500. The third-order valence-electron chi connectivity index (χ3n) is 3.01. The van der Waals surface area contributed by atoms with Crippen molar-refractivity contribution in [1.82, 2.24) is 0 Å². The first-order chi connectivity index (χ1) is 7.59. The Hall–Kier alpha value is -1.16. The van der Waals surface area contributed by atoms with Gasteiger partial charge in [-0.2, -0.15) is 0 Å². The zero-order chi connectivity index (χ0) is 11.7. The van der Waals surface area contributed by atoms with Crippen molar-refractivity contribution >= 4 is 5.69 Å². The fourth-order valence-electron chi connectivity index (χ4n) is 2.15. The summed E-state index contributed by atoms with van der Waals surface area (Å²) in [6.45, 7) is 3.57. The van der Waals surface area contributed by atoms with E-state index in [9.17, 15) is 8.78 Å². The van der Waals surface area contributed by atoms with Gasteiger partial charge in [-0.15, -0.1) is 0 Å². The molecule has 2 rings (SSSR count). The van der Waals surface area contributed by atoms with Crippen molar-refractivity contribution < 1.29 is 8.78 Å². The van der Waals surface area contributed by atoms with E-state index in [4.69, 9.17) is 5.73 Å². The lowest BCUT2D eigenvalue weighted by Crippen LogP contribution is -2.22. The van der Waals surface area contributed by atoms with Crippen molar-refractivity contribution in [2.24, 2.45) is 5.73 Å². The Morgan fingerprint density at radius 3 is 2.31 bits per heavy atom. The average Bonchev–Trinajstić information content (AvgIpc) is 2.74. The van der Waals surface area contributed by atoms with E-state index in [0.29, 0.717) is 5.56 Å². The van der Waals surface area contributed by atoms with Crippen molar-refractivity contribution in [3.8, 4) is 0 Å². The summed E-state index contributed by atoms with van der Waals surface area (Å²) in [6, 6.07) is 2.19. The lowest BCUT2D eigenvalue weighted by atomic mass is 10.1. The van der Waals surface area contributed by atoms with E-state index in [1.807, 2.05) is 0 Å². The molecule has 88 valence electrons. The molecule has 0 radical (unpaired) electrons. The number of halogens is 2. The Morgan fingerprint density at radius 1 is 1.19 bits per heavy atom. The Kier molecular flexibility index (Phi) is 3.10. The van der Waals surface area contributed by atoms with Gasteiger partial charge in [0, 0.05) is 30.9 Å². The molecule has 0 spiro atoms. The maximum absolute atomic E-state index is 13.2. The highest BCUT2D eigenvalue weighted by Crippen LogP contribution is 2.30. The minimum Gasteiger partial charge on any atom is -0.371 e. The number of rotatable bonds is 2. The van der Waals surface area contributed by atoms with Crippen LogP contribution in [-0.4, -0.2) is 13.1 Å². The predicted octanol–water partition coefficient (Wildman–Crippen LogP) is 2.58. The standard InChI is InChI=1S/C12H16F2N2/c1-8(15)9-6-10(13)11(14)7-12(9)16-4-2-3-5-16/h6-8H,2-5,15H2,1H3. The maximum Gasteiger partial charge on any atom is 0.160 e.